The van der Waals surface area contributed by atoms with Crippen LogP contribution in [-0.4, -0.2) is 33.8 Å². The molecular weight excluding hydrogens is 327 g/mol. The van der Waals surface area contributed by atoms with Gasteiger partial charge in [0.15, 0.2) is 17.4 Å². The average molecular weight is 340 g/mol. The van der Waals surface area contributed by atoms with Crippen LogP contribution in [0.2, 0.25) is 0 Å². The Balaban J connectivity index is 3.26. The third-order valence-corrected chi connectivity index (χ3v) is 2.93. The van der Waals surface area contributed by atoms with Gasteiger partial charge in [-0.3, -0.25) is 4.79 Å². The number of amides is 1. The number of benzene rings is 1. The molecule has 0 aromatic heterocycles. The number of phenolic OH excluding ortho intramolecular Hbond substituents is 1. The molecule has 0 heterocycles. The normalized spacial score (nSPS) is 10.9. The van der Waals surface area contributed by atoms with Gasteiger partial charge < -0.3 is 10.0 Å². The fourth-order valence-electron chi connectivity index (χ4n) is 1.59. The van der Waals surface area contributed by atoms with Crippen LogP contribution in [0.25, 0.3) is 0 Å². The second-order valence-electron chi connectivity index (χ2n) is 4.16. The molecule has 106 valence electrons. The van der Waals surface area contributed by atoms with Gasteiger partial charge in [0.05, 0.1) is 5.56 Å². The molecule has 7 heteroatoms. The van der Waals surface area contributed by atoms with Crippen molar-refractivity contribution in [2.75, 3.05) is 11.9 Å². The third-order valence-electron chi connectivity index (χ3n) is 2.57. The first-order chi connectivity index (χ1) is 8.81. The lowest BCUT2D eigenvalue weighted by molar-refractivity contribution is 0.0712. The molecule has 0 bridgehead atoms. The monoisotopic (exact) mass is 339 g/mol. The Morgan fingerprint density at radius 3 is 2.42 bits per heavy atom. The van der Waals surface area contributed by atoms with E-state index in [2.05, 4.69) is 15.9 Å². The second-order valence-corrected chi connectivity index (χ2v) is 4.96. The Labute approximate surface area is 117 Å². The van der Waals surface area contributed by atoms with Gasteiger partial charge >= 0.3 is 0 Å². The summed E-state index contributed by atoms with van der Waals surface area (Å²) in [6, 6.07) is 0.204. The van der Waals surface area contributed by atoms with Crippen molar-refractivity contribution in [2.45, 2.75) is 19.9 Å². The highest BCUT2D eigenvalue weighted by molar-refractivity contribution is 9.09. The molecule has 3 nitrogen and oxygen atoms in total. The maximum absolute atomic E-state index is 13.6. The number of halogens is 4. The van der Waals surface area contributed by atoms with Crippen LogP contribution < -0.4 is 0 Å². The number of carbonyl (C=O) groups is 1. The molecule has 1 amide bonds. The molecule has 0 aliphatic heterocycles. The molecule has 0 radical (unpaired) electrons. The van der Waals surface area contributed by atoms with Crippen LogP contribution in [0.3, 0.4) is 0 Å². The molecule has 0 saturated heterocycles. The summed E-state index contributed by atoms with van der Waals surface area (Å²) in [5, 5.41) is 9.55. The van der Waals surface area contributed by atoms with Gasteiger partial charge in [-0.25, -0.2) is 8.78 Å². The Kier molecular flexibility index (Phi) is 5.22. The highest BCUT2D eigenvalue weighted by Crippen LogP contribution is 2.27. The number of hydrogen-bond acceptors (Lipinski definition) is 2. The minimum atomic E-state index is -1.70. The third kappa shape index (κ3) is 3.20. The topological polar surface area (TPSA) is 40.5 Å². The largest absolute Gasteiger partial charge is 0.503 e. The van der Waals surface area contributed by atoms with E-state index in [0.29, 0.717) is 11.4 Å². The zero-order valence-electron chi connectivity index (χ0n) is 10.4. The van der Waals surface area contributed by atoms with Crippen LogP contribution >= 0.6 is 15.9 Å². The van der Waals surface area contributed by atoms with Gasteiger partial charge in [-0.15, -0.1) is 0 Å². The number of carbonyl (C=O) groups excluding carboxylic acids is 1. The minimum absolute atomic E-state index is 0.250. The summed E-state index contributed by atoms with van der Waals surface area (Å²) in [4.78, 5) is 13.4. The van der Waals surface area contributed by atoms with E-state index in [9.17, 15) is 18.0 Å². The van der Waals surface area contributed by atoms with Crippen molar-refractivity contribution in [3.63, 3.8) is 0 Å². The van der Waals surface area contributed by atoms with Gasteiger partial charge in [-0.2, -0.15) is 4.39 Å². The van der Waals surface area contributed by atoms with Gasteiger partial charge in [0.2, 0.25) is 5.82 Å². The number of rotatable bonds is 4. The fourth-order valence-corrected chi connectivity index (χ4v) is 1.97. The van der Waals surface area contributed by atoms with Crippen molar-refractivity contribution in [3.05, 3.63) is 29.1 Å². The van der Waals surface area contributed by atoms with Gasteiger partial charge in [0.25, 0.3) is 5.91 Å². The summed E-state index contributed by atoms with van der Waals surface area (Å²) in [7, 11) is 0. The van der Waals surface area contributed by atoms with Crippen LogP contribution in [0.5, 0.6) is 5.75 Å². The van der Waals surface area contributed by atoms with Crippen molar-refractivity contribution < 1.29 is 23.1 Å². The standard InChI is InChI=1S/C12H13BrF3NO2/c1-6(2)17(4-3-13)12(19)7-5-8(14)10(16)11(18)9(7)15/h5-6,18H,3-4H2,1-2H3. The predicted molar refractivity (Wildman–Crippen MR) is 67.9 cm³/mol. The van der Waals surface area contributed by atoms with Gasteiger partial charge in [0, 0.05) is 17.9 Å². The molecule has 1 aromatic carbocycles. The molecule has 0 aliphatic carbocycles. The molecule has 0 unspecified atom stereocenters. The van der Waals surface area contributed by atoms with Crippen molar-refractivity contribution in [1.82, 2.24) is 4.90 Å². The quantitative estimate of drug-likeness (QED) is 0.676. The first-order valence-electron chi connectivity index (χ1n) is 5.54. The van der Waals surface area contributed by atoms with E-state index in [1.807, 2.05) is 0 Å². The lowest BCUT2D eigenvalue weighted by atomic mass is 10.1. The van der Waals surface area contributed by atoms with E-state index in [-0.39, 0.29) is 12.6 Å². The summed E-state index contributed by atoms with van der Waals surface area (Å²) in [5.74, 6) is -6.91. The zero-order valence-corrected chi connectivity index (χ0v) is 12.0. The summed E-state index contributed by atoms with van der Waals surface area (Å²) < 4.78 is 39.7. The summed E-state index contributed by atoms with van der Waals surface area (Å²) in [6.07, 6.45) is 0. The number of phenols is 1. The van der Waals surface area contributed by atoms with E-state index in [0.717, 1.165) is 0 Å². The van der Waals surface area contributed by atoms with Crippen LogP contribution in [0.4, 0.5) is 13.2 Å². The molecule has 0 saturated carbocycles. The maximum atomic E-state index is 13.6. The van der Waals surface area contributed by atoms with Crippen LogP contribution in [-0.2, 0) is 0 Å². The fraction of sp³-hybridized carbons (Fsp3) is 0.417. The number of nitrogens with zero attached hydrogens (tertiary/aromatic N) is 1. The lowest BCUT2D eigenvalue weighted by Gasteiger charge is -2.26. The van der Waals surface area contributed by atoms with Gasteiger partial charge in [-0.05, 0) is 19.9 Å². The predicted octanol–water partition coefficient (Wildman–Crippen LogP) is 3.06. The highest BCUT2D eigenvalue weighted by Gasteiger charge is 2.26. The Morgan fingerprint density at radius 1 is 1.37 bits per heavy atom. The van der Waals surface area contributed by atoms with Gasteiger partial charge in [0.1, 0.15) is 0 Å². The summed E-state index contributed by atoms with van der Waals surface area (Å²) >= 11 is 3.15. The van der Waals surface area contributed by atoms with E-state index >= 15 is 0 Å². The number of hydrogen-bond donors (Lipinski definition) is 1. The summed E-state index contributed by atoms with van der Waals surface area (Å²) in [5.41, 5.74) is -0.689. The molecular formula is C12H13BrF3NO2. The maximum Gasteiger partial charge on any atom is 0.257 e. The minimum Gasteiger partial charge on any atom is -0.503 e. The molecule has 19 heavy (non-hydrogen) atoms. The zero-order chi connectivity index (χ0) is 14.7. The van der Waals surface area contributed by atoms with Crippen molar-refractivity contribution in [2.24, 2.45) is 0 Å². The van der Waals surface area contributed by atoms with Crippen molar-refractivity contribution >= 4 is 21.8 Å². The Bertz CT molecular complexity index is 494. The van der Waals surface area contributed by atoms with E-state index in [1.165, 1.54) is 4.90 Å². The first-order valence-corrected chi connectivity index (χ1v) is 6.66. The molecule has 0 aliphatic rings. The molecule has 0 fully saturated rings. The van der Waals surface area contributed by atoms with Crippen LogP contribution in [0, 0.1) is 17.5 Å². The summed E-state index contributed by atoms with van der Waals surface area (Å²) in [6.45, 7) is 3.69. The van der Waals surface area contributed by atoms with E-state index in [4.69, 9.17) is 5.11 Å². The Hall–Kier alpha value is -1.24. The Morgan fingerprint density at radius 2 is 1.95 bits per heavy atom. The average Bonchev–Trinajstić information content (AvgIpc) is 2.36. The SMILES string of the molecule is CC(C)N(CCBr)C(=O)c1cc(F)c(F)c(O)c1F. The number of alkyl halides is 1. The lowest BCUT2D eigenvalue weighted by Crippen LogP contribution is -2.38. The molecule has 1 N–H and O–H groups in total. The number of aromatic hydroxyl groups is 1. The van der Waals surface area contributed by atoms with Crippen molar-refractivity contribution in [1.29, 1.82) is 0 Å². The van der Waals surface area contributed by atoms with E-state index < -0.39 is 34.7 Å². The first kappa shape index (κ1) is 15.8. The van der Waals surface area contributed by atoms with Crippen molar-refractivity contribution in [3.8, 4) is 5.75 Å². The molecule has 0 atom stereocenters. The smallest absolute Gasteiger partial charge is 0.257 e. The molecule has 1 aromatic rings. The molecule has 0 spiro atoms. The van der Waals surface area contributed by atoms with Crippen LogP contribution in [0.15, 0.2) is 6.07 Å². The van der Waals surface area contributed by atoms with E-state index in [1.54, 1.807) is 13.8 Å². The highest BCUT2D eigenvalue weighted by atomic mass is 79.9. The second kappa shape index (κ2) is 6.27. The van der Waals surface area contributed by atoms with Gasteiger partial charge in [-0.1, -0.05) is 15.9 Å². The molecule has 1 rings (SSSR count). The van der Waals surface area contributed by atoms with Crippen LogP contribution in [0.1, 0.15) is 24.2 Å².